The van der Waals surface area contributed by atoms with Gasteiger partial charge in [-0.15, -0.1) is 0 Å². The summed E-state index contributed by atoms with van der Waals surface area (Å²) in [6.07, 6.45) is 4.07. The lowest BCUT2D eigenvalue weighted by atomic mass is 10.2. The van der Waals surface area contributed by atoms with Gasteiger partial charge >= 0.3 is 11.8 Å². The van der Waals surface area contributed by atoms with E-state index in [1.54, 1.807) is 24.5 Å². The summed E-state index contributed by atoms with van der Waals surface area (Å²) in [6.45, 7) is 4.13. The largest absolute Gasteiger partial charge is 0.345 e. The molecule has 1 heterocycles. The van der Waals surface area contributed by atoms with Crippen LogP contribution in [0.4, 0.5) is 0 Å². The lowest BCUT2D eigenvalue weighted by Crippen LogP contribution is -2.43. The molecule has 0 saturated carbocycles. The lowest BCUT2D eigenvalue weighted by molar-refractivity contribution is -0.139. The summed E-state index contributed by atoms with van der Waals surface area (Å²) in [5.74, 6) is -1.20. The predicted octanol–water partition coefficient (Wildman–Crippen LogP) is 0.612. The number of hydrogen-bond acceptors (Lipinski definition) is 3. The number of carbonyl (C=O) groups is 2. The summed E-state index contributed by atoms with van der Waals surface area (Å²) in [5, 5.41) is 5.15. The van der Waals surface area contributed by atoms with E-state index in [4.69, 9.17) is 0 Å². The monoisotopic (exact) mass is 235 g/mol. The average Bonchev–Trinajstić information content (AvgIpc) is 2.36. The van der Waals surface area contributed by atoms with Gasteiger partial charge < -0.3 is 10.6 Å². The van der Waals surface area contributed by atoms with Crippen LogP contribution in [0.3, 0.4) is 0 Å². The minimum atomic E-state index is -0.609. The summed E-state index contributed by atoms with van der Waals surface area (Å²) in [5.41, 5.74) is 0.907. The third-order valence-corrected chi connectivity index (χ3v) is 2.40. The smallest absolute Gasteiger partial charge is 0.309 e. The van der Waals surface area contributed by atoms with Crippen molar-refractivity contribution in [1.29, 1.82) is 0 Å². The Hall–Kier alpha value is -1.91. The molecule has 0 bridgehead atoms. The van der Waals surface area contributed by atoms with Crippen molar-refractivity contribution in [3.8, 4) is 0 Å². The standard InChI is InChI=1S/C12H17N3O2/c1-3-9(2)15-12(17)11(16)14-8-10-4-6-13-7-5-10/h4-7,9H,3,8H2,1-2H3,(H,14,16)(H,15,17)/t9-/m1/s1. The Morgan fingerprint density at radius 2 is 1.94 bits per heavy atom. The number of amides is 2. The fourth-order valence-corrected chi connectivity index (χ4v) is 1.15. The van der Waals surface area contributed by atoms with E-state index in [0.717, 1.165) is 12.0 Å². The molecule has 1 aromatic heterocycles. The average molecular weight is 235 g/mol. The zero-order valence-electron chi connectivity index (χ0n) is 10.1. The number of aromatic nitrogens is 1. The maximum Gasteiger partial charge on any atom is 0.309 e. The van der Waals surface area contributed by atoms with Crippen molar-refractivity contribution >= 4 is 11.8 Å². The number of nitrogens with zero attached hydrogens (tertiary/aromatic N) is 1. The number of pyridine rings is 1. The van der Waals surface area contributed by atoms with Crippen molar-refractivity contribution in [2.24, 2.45) is 0 Å². The van der Waals surface area contributed by atoms with E-state index in [0.29, 0.717) is 6.54 Å². The van der Waals surface area contributed by atoms with Crippen molar-refractivity contribution < 1.29 is 9.59 Å². The first-order chi connectivity index (χ1) is 8.13. The Morgan fingerprint density at radius 1 is 1.29 bits per heavy atom. The van der Waals surface area contributed by atoms with Gasteiger partial charge in [-0.25, -0.2) is 0 Å². The molecule has 0 aliphatic carbocycles. The molecular formula is C12H17N3O2. The summed E-state index contributed by atoms with van der Waals surface area (Å²) >= 11 is 0. The van der Waals surface area contributed by atoms with Crippen LogP contribution in [-0.4, -0.2) is 22.8 Å². The van der Waals surface area contributed by atoms with Gasteiger partial charge in [0.05, 0.1) is 0 Å². The number of carbonyl (C=O) groups excluding carboxylic acids is 2. The Balaban J connectivity index is 2.37. The highest BCUT2D eigenvalue weighted by Crippen LogP contribution is 1.94. The highest BCUT2D eigenvalue weighted by atomic mass is 16.2. The number of nitrogens with one attached hydrogen (secondary N) is 2. The molecule has 5 heteroatoms. The van der Waals surface area contributed by atoms with Crippen molar-refractivity contribution in [2.75, 3.05) is 0 Å². The van der Waals surface area contributed by atoms with Crippen LogP contribution in [0.1, 0.15) is 25.8 Å². The second-order valence-corrected chi connectivity index (χ2v) is 3.82. The normalized spacial score (nSPS) is 11.6. The van der Waals surface area contributed by atoms with Crippen LogP contribution in [-0.2, 0) is 16.1 Å². The quantitative estimate of drug-likeness (QED) is 0.751. The van der Waals surface area contributed by atoms with Crippen molar-refractivity contribution in [3.63, 3.8) is 0 Å². The van der Waals surface area contributed by atoms with Gasteiger partial charge in [-0.1, -0.05) is 6.92 Å². The molecular weight excluding hydrogens is 218 g/mol. The van der Waals surface area contributed by atoms with Crippen molar-refractivity contribution in [3.05, 3.63) is 30.1 Å². The van der Waals surface area contributed by atoms with Crippen molar-refractivity contribution in [2.45, 2.75) is 32.9 Å². The molecule has 1 rings (SSSR count). The van der Waals surface area contributed by atoms with Crippen LogP contribution in [0.5, 0.6) is 0 Å². The maximum atomic E-state index is 11.4. The van der Waals surface area contributed by atoms with E-state index in [1.807, 2.05) is 13.8 Å². The molecule has 17 heavy (non-hydrogen) atoms. The summed E-state index contributed by atoms with van der Waals surface area (Å²) < 4.78 is 0. The lowest BCUT2D eigenvalue weighted by Gasteiger charge is -2.11. The van der Waals surface area contributed by atoms with Crippen LogP contribution in [0.2, 0.25) is 0 Å². The van der Waals surface area contributed by atoms with Crippen LogP contribution in [0, 0.1) is 0 Å². The van der Waals surface area contributed by atoms with E-state index in [2.05, 4.69) is 15.6 Å². The van der Waals surface area contributed by atoms with Gasteiger partial charge in [-0.05, 0) is 31.0 Å². The van der Waals surface area contributed by atoms with E-state index < -0.39 is 11.8 Å². The van der Waals surface area contributed by atoms with Crippen LogP contribution in [0.15, 0.2) is 24.5 Å². The number of hydrogen-bond donors (Lipinski definition) is 2. The highest BCUT2D eigenvalue weighted by Gasteiger charge is 2.14. The van der Waals surface area contributed by atoms with Gasteiger partial charge in [-0.3, -0.25) is 14.6 Å². The first-order valence-corrected chi connectivity index (χ1v) is 5.61. The summed E-state index contributed by atoms with van der Waals surface area (Å²) in [6, 6.07) is 3.58. The van der Waals surface area contributed by atoms with Gasteiger partial charge in [0.15, 0.2) is 0 Å². The first kappa shape index (κ1) is 13.2. The molecule has 0 unspecified atom stereocenters. The molecule has 0 saturated heterocycles. The Kier molecular flexibility index (Phi) is 5.13. The van der Waals surface area contributed by atoms with Gasteiger partial charge in [-0.2, -0.15) is 0 Å². The number of rotatable bonds is 4. The van der Waals surface area contributed by atoms with Crippen molar-refractivity contribution in [1.82, 2.24) is 15.6 Å². The second kappa shape index (κ2) is 6.62. The van der Waals surface area contributed by atoms with Gasteiger partial charge in [0.25, 0.3) is 0 Å². The van der Waals surface area contributed by atoms with Gasteiger partial charge in [0.1, 0.15) is 0 Å². The first-order valence-electron chi connectivity index (χ1n) is 5.61. The van der Waals surface area contributed by atoms with Crippen LogP contribution in [0.25, 0.3) is 0 Å². The topological polar surface area (TPSA) is 71.1 Å². The molecule has 0 radical (unpaired) electrons. The fraction of sp³-hybridized carbons (Fsp3) is 0.417. The maximum absolute atomic E-state index is 11.4. The molecule has 92 valence electrons. The SMILES string of the molecule is CC[C@@H](C)NC(=O)C(=O)NCc1ccncc1. The molecule has 2 amide bonds. The fourth-order valence-electron chi connectivity index (χ4n) is 1.15. The molecule has 0 aliphatic heterocycles. The zero-order chi connectivity index (χ0) is 12.7. The molecule has 0 spiro atoms. The second-order valence-electron chi connectivity index (χ2n) is 3.82. The Bertz CT molecular complexity index is 379. The molecule has 0 fully saturated rings. The zero-order valence-corrected chi connectivity index (χ0v) is 10.1. The summed E-state index contributed by atoms with van der Waals surface area (Å²) in [4.78, 5) is 26.7. The predicted molar refractivity (Wildman–Crippen MR) is 64.0 cm³/mol. The molecule has 5 nitrogen and oxygen atoms in total. The summed E-state index contributed by atoms with van der Waals surface area (Å²) in [7, 11) is 0. The van der Waals surface area contributed by atoms with E-state index >= 15 is 0 Å². The third kappa shape index (κ3) is 4.63. The van der Waals surface area contributed by atoms with Crippen LogP contribution < -0.4 is 10.6 Å². The van der Waals surface area contributed by atoms with E-state index in [9.17, 15) is 9.59 Å². The molecule has 0 aliphatic rings. The molecule has 0 aromatic carbocycles. The molecule has 2 N–H and O–H groups in total. The molecule has 1 atom stereocenters. The van der Waals surface area contributed by atoms with Crippen LogP contribution >= 0.6 is 0 Å². The Morgan fingerprint density at radius 3 is 2.53 bits per heavy atom. The minimum Gasteiger partial charge on any atom is -0.345 e. The van der Waals surface area contributed by atoms with Gasteiger partial charge in [0, 0.05) is 25.0 Å². The van der Waals surface area contributed by atoms with Gasteiger partial charge in [0.2, 0.25) is 0 Å². The molecule has 1 aromatic rings. The highest BCUT2D eigenvalue weighted by molar-refractivity contribution is 6.35. The Labute approximate surface area is 101 Å². The van der Waals surface area contributed by atoms with E-state index in [1.165, 1.54) is 0 Å². The minimum absolute atomic E-state index is 0.00850. The van der Waals surface area contributed by atoms with E-state index in [-0.39, 0.29) is 6.04 Å². The third-order valence-electron chi connectivity index (χ3n) is 2.40.